The molecule has 0 fully saturated rings. The molecule has 3 atom stereocenters. The lowest BCUT2D eigenvalue weighted by Crippen LogP contribution is -2.15. The zero-order valence-electron chi connectivity index (χ0n) is 11.4. The van der Waals surface area contributed by atoms with Gasteiger partial charge in [-0.25, -0.2) is 0 Å². The van der Waals surface area contributed by atoms with Gasteiger partial charge in [0.15, 0.2) is 0 Å². The van der Waals surface area contributed by atoms with Crippen LogP contribution in [0.25, 0.3) is 6.08 Å². The molecular formula is C19H18O. The van der Waals surface area contributed by atoms with E-state index in [1.807, 2.05) is 0 Å². The van der Waals surface area contributed by atoms with Crippen LogP contribution in [-0.4, -0.2) is 11.2 Å². The molecule has 1 N–H and O–H groups in total. The molecule has 0 aromatic heterocycles. The maximum Gasteiger partial charge on any atom is 0.0649 e. The Morgan fingerprint density at radius 2 is 1.70 bits per heavy atom. The van der Waals surface area contributed by atoms with Gasteiger partial charge in [-0.05, 0) is 35.1 Å². The van der Waals surface area contributed by atoms with Crippen LogP contribution in [0.3, 0.4) is 0 Å². The second kappa shape index (κ2) is 4.60. The lowest BCUT2D eigenvalue weighted by molar-refractivity contribution is 0.151. The lowest BCUT2D eigenvalue weighted by Gasteiger charge is -2.20. The van der Waals surface area contributed by atoms with Gasteiger partial charge >= 0.3 is 0 Å². The standard InChI is InChI=1S/C19H18O/c20-19-12-14-6-2-4-8-17(14)18(19)11-15-10-9-13-5-1-3-7-16(13)15/h1-10,15,18-20H,11-12H2. The maximum atomic E-state index is 10.4. The minimum Gasteiger partial charge on any atom is -0.392 e. The zero-order chi connectivity index (χ0) is 13.5. The SMILES string of the molecule is OC1Cc2ccccc2C1CC1C=Cc2ccccc21. The summed E-state index contributed by atoms with van der Waals surface area (Å²) in [6.45, 7) is 0. The highest BCUT2D eigenvalue weighted by Crippen LogP contribution is 2.43. The number of hydrogen-bond acceptors (Lipinski definition) is 1. The Labute approximate surface area is 119 Å². The van der Waals surface area contributed by atoms with Crippen molar-refractivity contribution in [2.24, 2.45) is 0 Å². The molecule has 1 heteroatoms. The van der Waals surface area contributed by atoms with Gasteiger partial charge in [-0.15, -0.1) is 0 Å². The fourth-order valence-corrected chi connectivity index (χ4v) is 3.74. The Hall–Kier alpha value is -1.86. The second-order valence-corrected chi connectivity index (χ2v) is 5.91. The summed E-state index contributed by atoms with van der Waals surface area (Å²) in [5.41, 5.74) is 5.40. The summed E-state index contributed by atoms with van der Waals surface area (Å²) in [4.78, 5) is 0. The molecule has 0 aliphatic heterocycles. The first-order valence-electron chi connectivity index (χ1n) is 7.36. The second-order valence-electron chi connectivity index (χ2n) is 5.91. The summed E-state index contributed by atoms with van der Waals surface area (Å²) in [5, 5.41) is 10.4. The van der Waals surface area contributed by atoms with Crippen LogP contribution in [0.15, 0.2) is 54.6 Å². The van der Waals surface area contributed by atoms with Crippen molar-refractivity contribution in [3.63, 3.8) is 0 Å². The molecule has 0 heterocycles. The van der Waals surface area contributed by atoms with Crippen LogP contribution >= 0.6 is 0 Å². The molecule has 4 rings (SSSR count). The molecule has 2 aromatic rings. The summed E-state index contributed by atoms with van der Waals surface area (Å²) in [6, 6.07) is 17.1. The number of allylic oxidation sites excluding steroid dienone is 1. The molecule has 0 radical (unpaired) electrons. The normalized spacial score (nSPS) is 26.6. The van der Waals surface area contributed by atoms with Crippen LogP contribution in [0.5, 0.6) is 0 Å². The van der Waals surface area contributed by atoms with Crippen molar-refractivity contribution in [1.29, 1.82) is 0 Å². The average molecular weight is 262 g/mol. The van der Waals surface area contributed by atoms with Crippen LogP contribution < -0.4 is 0 Å². The van der Waals surface area contributed by atoms with Crippen molar-refractivity contribution in [1.82, 2.24) is 0 Å². The molecule has 0 saturated carbocycles. The van der Waals surface area contributed by atoms with E-state index in [0.29, 0.717) is 5.92 Å². The highest BCUT2D eigenvalue weighted by atomic mass is 16.3. The van der Waals surface area contributed by atoms with Gasteiger partial charge in [-0.2, -0.15) is 0 Å². The van der Waals surface area contributed by atoms with Crippen LogP contribution in [0, 0.1) is 0 Å². The maximum absolute atomic E-state index is 10.4. The van der Waals surface area contributed by atoms with E-state index in [9.17, 15) is 5.11 Å². The lowest BCUT2D eigenvalue weighted by atomic mass is 9.86. The number of benzene rings is 2. The van der Waals surface area contributed by atoms with E-state index in [2.05, 4.69) is 60.7 Å². The highest BCUT2D eigenvalue weighted by molar-refractivity contribution is 5.62. The van der Waals surface area contributed by atoms with E-state index >= 15 is 0 Å². The van der Waals surface area contributed by atoms with E-state index in [0.717, 1.165) is 12.8 Å². The summed E-state index contributed by atoms with van der Waals surface area (Å²) in [5.74, 6) is 0.712. The zero-order valence-corrected chi connectivity index (χ0v) is 11.4. The smallest absolute Gasteiger partial charge is 0.0649 e. The molecule has 2 aliphatic rings. The third-order valence-corrected chi connectivity index (χ3v) is 4.76. The van der Waals surface area contributed by atoms with Gasteiger partial charge in [0, 0.05) is 11.8 Å². The Morgan fingerprint density at radius 3 is 2.60 bits per heavy atom. The molecule has 2 aliphatic carbocycles. The van der Waals surface area contributed by atoms with Crippen LogP contribution in [0.1, 0.15) is 40.5 Å². The van der Waals surface area contributed by atoms with Gasteiger partial charge in [0.1, 0.15) is 0 Å². The molecule has 1 nitrogen and oxygen atoms in total. The van der Waals surface area contributed by atoms with Gasteiger partial charge in [0.05, 0.1) is 6.10 Å². The summed E-state index contributed by atoms with van der Waals surface area (Å²) < 4.78 is 0. The van der Waals surface area contributed by atoms with E-state index < -0.39 is 0 Å². The fourth-order valence-electron chi connectivity index (χ4n) is 3.74. The van der Waals surface area contributed by atoms with Crippen molar-refractivity contribution >= 4 is 6.08 Å². The predicted octanol–water partition coefficient (Wildman–Crippen LogP) is 3.89. The molecular weight excluding hydrogens is 244 g/mol. The third kappa shape index (κ3) is 1.82. The van der Waals surface area contributed by atoms with Gasteiger partial charge in [0.2, 0.25) is 0 Å². The molecule has 100 valence electrons. The Morgan fingerprint density at radius 1 is 0.950 bits per heavy atom. The third-order valence-electron chi connectivity index (χ3n) is 4.76. The van der Waals surface area contributed by atoms with Crippen molar-refractivity contribution in [3.05, 3.63) is 76.9 Å². The van der Waals surface area contributed by atoms with Crippen molar-refractivity contribution < 1.29 is 5.11 Å². The first-order valence-corrected chi connectivity index (χ1v) is 7.36. The molecule has 0 amide bonds. The quantitative estimate of drug-likeness (QED) is 0.870. The minimum atomic E-state index is -0.228. The van der Waals surface area contributed by atoms with Crippen molar-refractivity contribution in [2.45, 2.75) is 30.8 Å². The predicted molar refractivity (Wildman–Crippen MR) is 81.7 cm³/mol. The van der Waals surface area contributed by atoms with E-state index in [1.165, 1.54) is 22.3 Å². The summed E-state index contributed by atoms with van der Waals surface area (Å²) >= 11 is 0. The average Bonchev–Trinajstić information content (AvgIpc) is 3.02. The monoisotopic (exact) mass is 262 g/mol. The van der Waals surface area contributed by atoms with Crippen molar-refractivity contribution in [3.8, 4) is 0 Å². The molecule has 0 saturated heterocycles. The van der Waals surface area contributed by atoms with E-state index in [1.54, 1.807) is 0 Å². The minimum absolute atomic E-state index is 0.228. The molecule has 0 spiro atoms. The van der Waals surface area contributed by atoms with Gasteiger partial charge in [-0.1, -0.05) is 60.7 Å². The number of aliphatic hydroxyl groups is 1. The largest absolute Gasteiger partial charge is 0.392 e. The summed E-state index contributed by atoms with van der Waals surface area (Å²) in [7, 11) is 0. The number of rotatable bonds is 2. The first-order chi connectivity index (χ1) is 9.83. The van der Waals surface area contributed by atoms with Crippen LogP contribution in [0.4, 0.5) is 0 Å². The Bertz CT molecular complexity index is 671. The van der Waals surface area contributed by atoms with Gasteiger partial charge in [0.25, 0.3) is 0 Å². The van der Waals surface area contributed by atoms with Crippen molar-refractivity contribution in [2.75, 3.05) is 0 Å². The number of fused-ring (bicyclic) bond motifs is 2. The van der Waals surface area contributed by atoms with Gasteiger partial charge in [-0.3, -0.25) is 0 Å². The van der Waals surface area contributed by atoms with Crippen LogP contribution in [-0.2, 0) is 6.42 Å². The summed E-state index contributed by atoms with van der Waals surface area (Å²) in [6.07, 6.45) is 6.09. The Kier molecular flexibility index (Phi) is 2.75. The Balaban J connectivity index is 1.63. The van der Waals surface area contributed by atoms with Gasteiger partial charge < -0.3 is 5.11 Å². The molecule has 3 unspecified atom stereocenters. The van der Waals surface area contributed by atoms with E-state index in [4.69, 9.17) is 0 Å². The number of aliphatic hydroxyl groups excluding tert-OH is 1. The number of hydrogen-bond donors (Lipinski definition) is 1. The molecule has 2 aromatic carbocycles. The molecule has 20 heavy (non-hydrogen) atoms. The first kappa shape index (κ1) is 11.9. The topological polar surface area (TPSA) is 20.2 Å². The fraction of sp³-hybridized carbons (Fsp3) is 0.263. The highest BCUT2D eigenvalue weighted by Gasteiger charge is 2.33. The van der Waals surface area contributed by atoms with Crippen LogP contribution in [0.2, 0.25) is 0 Å². The molecule has 0 bridgehead atoms. The van der Waals surface area contributed by atoms with E-state index in [-0.39, 0.29) is 12.0 Å².